The third kappa shape index (κ3) is 4.61. The summed E-state index contributed by atoms with van der Waals surface area (Å²) in [6, 6.07) is 5.36. The molecule has 164 valence electrons. The zero-order chi connectivity index (χ0) is 22.1. The lowest BCUT2D eigenvalue weighted by Crippen LogP contribution is -2.49. The Morgan fingerprint density at radius 2 is 1.70 bits per heavy atom. The molecular formula is C22H31N3O4S. The minimum absolute atomic E-state index is 0.0612. The molecule has 1 aromatic carbocycles. The number of hydrogen-bond donors (Lipinski definition) is 1. The summed E-state index contributed by atoms with van der Waals surface area (Å²) in [7, 11) is -3.59. The maximum Gasteiger partial charge on any atom is 0.243 e. The number of carbonyl (C=O) groups is 1. The number of ketones is 1. The van der Waals surface area contributed by atoms with Crippen LogP contribution in [0.15, 0.2) is 23.1 Å². The molecular weight excluding hydrogens is 402 g/mol. The number of hydrogen-bond acceptors (Lipinski definition) is 5. The summed E-state index contributed by atoms with van der Waals surface area (Å²) in [5.74, 6) is 0.777. The molecule has 0 atom stereocenters. The molecule has 1 N–H and O–H groups in total. The Morgan fingerprint density at radius 3 is 2.27 bits per heavy atom. The van der Waals surface area contributed by atoms with Crippen molar-refractivity contribution in [2.45, 2.75) is 39.5 Å². The van der Waals surface area contributed by atoms with E-state index in [9.17, 15) is 13.2 Å². The van der Waals surface area contributed by atoms with Crippen molar-refractivity contribution < 1.29 is 17.9 Å². The van der Waals surface area contributed by atoms with Crippen LogP contribution in [0.2, 0.25) is 0 Å². The molecule has 0 unspecified atom stereocenters. The Bertz CT molecular complexity index is 1030. The van der Waals surface area contributed by atoms with Gasteiger partial charge < -0.3 is 9.72 Å². The summed E-state index contributed by atoms with van der Waals surface area (Å²) in [4.78, 5) is 18.1. The van der Waals surface area contributed by atoms with Crippen LogP contribution < -0.4 is 4.74 Å². The van der Waals surface area contributed by atoms with Gasteiger partial charge in [0.05, 0.1) is 18.0 Å². The van der Waals surface area contributed by atoms with Gasteiger partial charge in [0.2, 0.25) is 10.0 Å². The van der Waals surface area contributed by atoms with Crippen LogP contribution in [0.1, 0.15) is 39.8 Å². The number of rotatable bonds is 7. The molecule has 30 heavy (non-hydrogen) atoms. The molecule has 0 aliphatic carbocycles. The molecule has 0 saturated carbocycles. The number of ether oxygens (including phenoxy) is 1. The lowest BCUT2D eigenvalue weighted by Gasteiger charge is -2.34. The Morgan fingerprint density at radius 1 is 1.03 bits per heavy atom. The molecule has 0 bridgehead atoms. The van der Waals surface area contributed by atoms with Gasteiger partial charge in [-0.25, -0.2) is 8.42 Å². The second-order valence-corrected chi connectivity index (χ2v) is 9.82. The van der Waals surface area contributed by atoms with E-state index >= 15 is 0 Å². The molecule has 1 aliphatic heterocycles. The molecule has 0 radical (unpaired) electrons. The Labute approximate surface area is 179 Å². The molecule has 2 aromatic rings. The highest BCUT2D eigenvalue weighted by molar-refractivity contribution is 7.89. The number of nitrogens with zero attached hydrogens (tertiary/aromatic N) is 2. The molecule has 3 rings (SSSR count). The fourth-order valence-corrected chi connectivity index (χ4v) is 5.63. The van der Waals surface area contributed by atoms with Gasteiger partial charge in [-0.2, -0.15) is 4.31 Å². The van der Waals surface area contributed by atoms with Crippen LogP contribution in [0, 0.1) is 27.7 Å². The van der Waals surface area contributed by atoms with Gasteiger partial charge in [-0.05, 0) is 63.9 Å². The number of carbonyl (C=O) groups excluding carboxylic acids is 1. The Hall–Kier alpha value is -2.16. The number of H-pyrrole nitrogens is 1. The highest BCUT2D eigenvalue weighted by Gasteiger charge is 2.31. The number of sulfonamides is 1. The molecule has 1 aromatic heterocycles. The number of benzene rings is 1. The number of aryl methyl sites for hydroxylation is 4. The van der Waals surface area contributed by atoms with Crippen molar-refractivity contribution in [3.8, 4) is 5.75 Å². The summed E-state index contributed by atoms with van der Waals surface area (Å²) >= 11 is 0. The second-order valence-electron chi connectivity index (χ2n) is 7.91. The first-order chi connectivity index (χ1) is 14.1. The fourth-order valence-electron chi connectivity index (χ4n) is 3.92. The Balaban J connectivity index is 1.67. The van der Waals surface area contributed by atoms with Gasteiger partial charge in [-0.3, -0.25) is 9.69 Å². The topological polar surface area (TPSA) is 82.7 Å². The van der Waals surface area contributed by atoms with Crippen molar-refractivity contribution in [2.75, 3.05) is 39.3 Å². The zero-order valence-corrected chi connectivity index (χ0v) is 19.2. The largest absolute Gasteiger partial charge is 0.494 e. The predicted octanol–water partition coefficient (Wildman–Crippen LogP) is 2.84. The van der Waals surface area contributed by atoms with E-state index in [0.717, 1.165) is 17.0 Å². The van der Waals surface area contributed by atoms with Gasteiger partial charge in [0, 0.05) is 43.1 Å². The summed E-state index contributed by atoms with van der Waals surface area (Å²) in [5, 5.41) is 0. The fraction of sp³-hybridized carbons (Fsp3) is 0.500. The van der Waals surface area contributed by atoms with Gasteiger partial charge in [0.25, 0.3) is 0 Å². The minimum Gasteiger partial charge on any atom is -0.494 e. The van der Waals surface area contributed by atoms with Crippen molar-refractivity contribution >= 4 is 15.8 Å². The molecule has 8 heteroatoms. The predicted molar refractivity (Wildman–Crippen MR) is 117 cm³/mol. The first-order valence-corrected chi connectivity index (χ1v) is 11.7. The van der Waals surface area contributed by atoms with E-state index in [1.807, 2.05) is 38.7 Å². The lowest BCUT2D eigenvalue weighted by atomic mass is 10.1. The lowest BCUT2D eigenvalue weighted by molar-refractivity contribution is 0.0901. The third-order valence-electron chi connectivity index (χ3n) is 5.54. The van der Waals surface area contributed by atoms with Crippen molar-refractivity contribution in [1.29, 1.82) is 0 Å². The van der Waals surface area contributed by atoms with Crippen LogP contribution in [-0.4, -0.2) is 67.7 Å². The summed E-state index contributed by atoms with van der Waals surface area (Å²) in [5.41, 5.74) is 4.04. The van der Waals surface area contributed by atoms with Crippen LogP contribution in [0.25, 0.3) is 0 Å². The standard InChI is InChI=1S/C22H31N3O4S/c1-6-29-21-11-16(3)22(12-15(21)2)30(27,28)25-9-7-24(8-10-25)14-20(26)19-13-17(4)23-18(19)5/h11-13,23H,6-10,14H2,1-5H3. The normalized spacial score (nSPS) is 16.0. The maximum absolute atomic E-state index is 13.2. The molecule has 0 spiro atoms. The smallest absolute Gasteiger partial charge is 0.243 e. The van der Waals surface area contributed by atoms with Crippen LogP contribution in [0.4, 0.5) is 0 Å². The van der Waals surface area contributed by atoms with Gasteiger partial charge >= 0.3 is 0 Å². The summed E-state index contributed by atoms with van der Waals surface area (Å²) in [6.45, 7) is 12.0. The van der Waals surface area contributed by atoms with Crippen LogP contribution in [0.3, 0.4) is 0 Å². The molecule has 0 amide bonds. The van der Waals surface area contributed by atoms with E-state index in [4.69, 9.17) is 4.74 Å². The van der Waals surface area contributed by atoms with Crippen LogP contribution in [-0.2, 0) is 10.0 Å². The number of aromatic nitrogens is 1. The van der Waals surface area contributed by atoms with E-state index in [0.29, 0.717) is 61.1 Å². The monoisotopic (exact) mass is 433 g/mol. The first-order valence-electron chi connectivity index (χ1n) is 10.3. The van der Waals surface area contributed by atoms with E-state index in [2.05, 4.69) is 4.98 Å². The highest BCUT2D eigenvalue weighted by Crippen LogP contribution is 2.28. The van der Waals surface area contributed by atoms with Crippen LogP contribution in [0.5, 0.6) is 5.75 Å². The number of piperazine rings is 1. The van der Waals surface area contributed by atoms with Gasteiger partial charge in [0.1, 0.15) is 5.75 Å². The van der Waals surface area contributed by atoms with Gasteiger partial charge in [-0.15, -0.1) is 0 Å². The number of aromatic amines is 1. The van der Waals surface area contributed by atoms with E-state index in [-0.39, 0.29) is 5.78 Å². The quantitative estimate of drug-likeness (QED) is 0.679. The van der Waals surface area contributed by atoms with E-state index < -0.39 is 10.0 Å². The molecule has 1 fully saturated rings. The maximum atomic E-state index is 13.2. The summed E-state index contributed by atoms with van der Waals surface area (Å²) in [6.07, 6.45) is 0. The highest BCUT2D eigenvalue weighted by atomic mass is 32.2. The summed E-state index contributed by atoms with van der Waals surface area (Å²) < 4.78 is 33.5. The SMILES string of the molecule is CCOc1cc(C)c(S(=O)(=O)N2CCN(CC(=O)c3cc(C)[nH]c3C)CC2)cc1C. The van der Waals surface area contributed by atoms with E-state index in [1.165, 1.54) is 4.31 Å². The third-order valence-corrected chi connectivity index (χ3v) is 7.58. The minimum atomic E-state index is -3.59. The molecule has 2 heterocycles. The molecule has 1 aliphatic rings. The molecule has 7 nitrogen and oxygen atoms in total. The average Bonchev–Trinajstić information content (AvgIpc) is 3.03. The average molecular weight is 434 g/mol. The van der Waals surface area contributed by atoms with Crippen molar-refractivity contribution in [3.63, 3.8) is 0 Å². The van der Waals surface area contributed by atoms with Gasteiger partial charge in [-0.1, -0.05) is 0 Å². The number of nitrogens with one attached hydrogen (secondary N) is 1. The second kappa shape index (κ2) is 8.91. The van der Waals surface area contributed by atoms with Crippen molar-refractivity contribution in [1.82, 2.24) is 14.2 Å². The van der Waals surface area contributed by atoms with Crippen LogP contribution >= 0.6 is 0 Å². The van der Waals surface area contributed by atoms with E-state index in [1.54, 1.807) is 19.1 Å². The molecule has 1 saturated heterocycles. The van der Waals surface area contributed by atoms with Crippen molar-refractivity contribution in [2.24, 2.45) is 0 Å². The van der Waals surface area contributed by atoms with Gasteiger partial charge in [0.15, 0.2) is 5.78 Å². The zero-order valence-electron chi connectivity index (χ0n) is 18.4. The van der Waals surface area contributed by atoms with Crippen molar-refractivity contribution in [3.05, 3.63) is 46.3 Å². The first kappa shape index (κ1) is 22.5. The Kier molecular flexibility index (Phi) is 6.69. The number of Topliss-reactive ketones (excluding diaryl/α,β-unsaturated/α-hetero) is 1.